The molecular formula is C28H42O. The van der Waals surface area contributed by atoms with Gasteiger partial charge in [0.1, 0.15) is 5.75 Å². The Morgan fingerprint density at radius 1 is 0.586 bits per heavy atom. The standard InChI is InChI=1S/C28H42O/c1-25(2,3)18-27(7,8)21-13-11-20(12-14-21)23-16-15-22(17-24(23)29)28(9,10)19-26(4,5)6/h11-17,29H,18-19H2,1-10H3. The highest BCUT2D eigenvalue weighted by Crippen LogP contribution is 2.41. The molecule has 0 aliphatic heterocycles. The Morgan fingerprint density at radius 3 is 1.41 bits per heavy atom. The van der Waals surface area contributed by atoms with E-state index in [1.54, 1.807) is 0 Å². The highest BCUT2D eigenvalue weighted by Gasteiger charge is 2.29. The maximum Gasteiger partial charge on any atom is 0.123 e. The Hall–Kier alpha value is -1.76. The lowest BCUT2D eigenvalue weighted by Gasteiger charge is -2.33. The molecule has 0 aliphatic carbocycles. The van der Waals surface area contributed by atoms with Crippen molar-refractivity contribution >= 4 is 0 Å². The fourth-order valence-corrected chi connectivity index (χ4v) is 5.15. The predicted molar refractivity (Wildman–Crippen MR) is 128 cm³/mol. The summed E-state index contributed by atoms with van der Waals surface area (Å²) in [5.41, 5.74) is 5.19. The molecule has 0 aromatic heterocycles. The van der Waals surface area contributed by atoms with Crippen molar-refractivity contribution in [3.63, 3.8) is 0 Å². The lowest BCUT2D eigenvalue weighted by molar-refractivity contribution is 0.283. The highest BCUT2D eigenvalue weighted by molar-refractivity contribution is 5.71. The van der Waals surface area contributed by atoms with E-state index in [0.717, 1.165) is 24.0 Å². The molecule has 0 spiro atoms. The molecule has 0 bridgehead atoms. The summed E-state index contributed by atoms with van der Waals surface area (Å²) in [6.07, 6.45) is 2.19. The fourth-order valence-electron chi connectivity index (χ4n) is 5.15. The van der Waals surface area contributed by atoms with Gasteiger partial charge in [-0.25, -0.2) is 0 Å². The van der Waals surface area contributed by atoms with Gasteiger partial charge in [-0.3, -0.25) is 0 Å². The van der Waals surface area contributed by atoms with E-state index < -0.39 is 0 Å². The lowest BCUT2D eigenvalue weighted by atomic mass is 9.72. The molecule has 160 valence electrons. The zero-order valence-corrected chi connectivity index (χ0v) is 20.4. The summed E-state index contributed by atoms with van der Waals surface area (Å²) >= 11 is 0. The van der Waals surface area contributed by atoms with Crippen LogP contribution in [0.3, 0.4) is 0 Å². The minimum absolute atomic E-state index is 0.0229. The molecule has 1 heteroatoms. The topological polar surface area (TPSA) is 20.2 Å². The quantitative estimate of drug-likeness (QED) is 0.539. The second kappa shape index (κ2) is 7.82. The fraction of sp³-hybridized carbons (Fsp3) is 0.571. The second-order valence-electron chi connectivity index (χ2n) is 12.6. The summed E-state index contributed by atoms with van der Waals surface area (Å²) in [5, 5.41) is 10.8. The van der Waals surface area contributed by atoms with Gasteiger partial charge in [0, 0.05) is 5.56 Å². The van der Waals surface area contributed by atoms with Crippen LogP contribution in [0.25, 0.3) is 11.1 Å². The third-order valence-corrected chi connectivity index (χ3v) is 5.70. The lowest BCUT2D eigenvalue weighted by Crippen LogP contribution is -2.24. The number of aromatic hydroxyl groups is 1. The van der Waals surface area contributed by atoms with Crippen molar-refractivity contribution in [2.75, 3.05) is 0 Å². The van der Waals surface area contributed by atoms with Gasteiger partial charge in [0.05, 0.1) is 0 Å². The van der Waals surface area contributed by atoms with Crippen LogP contribution in [0.15, 0.2) is 42.5 Å². The molecule has 0 fully saturated rings. The molecular weight excluding hydrogens is 352 g/mol. The van der Waals surface area contributed by atoms with Crippen molar-refractivity contribution < 1.29 is 5.11 Å². The van der Waals surface area contributed by atoms with Crippen LogP contribution in [0.4, 0.5) is 0 Å². The monoisotopic (exact) mass is 394 g/mol. The average Bonchev–Trinajstić information content (AvgIpc) is 2.50. The van der Waals surface area contributed by atoms with E-state index in [1.165, 1.54) is 11.1 Å². The van der Waals surface area contributed by atoms with Crippen molar-refractivity contribution in [3.8, 4) is 16.9 Å². The van der Waals surface area contributed by atoms with Gasteiger partial charge in [-0.1, -0.05) is 106 Å². The average molecular weight is 395 g/mol. The number of benzene rings is 2. The van der Waals surface area contributed by atoms with Crippen LogP contribution in [0.5, 0.6) is 5.75 Å². The van der Waals surface area contributed by atoms with E-state index in [9.17, 15) is 5.11 Å². The maximum atomic E-state index is 10.8. The first-order valence-corrected chi connectivity index (χ1v) is 10.9. The summed E-state index contributed by atoms with van der Waals surface area (Å²) in [4.78, 5) is 0. The Morgan fingerprint density at radius 2 is 1.00 bits per heavy atom. The Kier molecular flexibility index (Phi) is 6.34. The van der Waals surface area contributed by atoms with Gasteiger partial charge in [0.25, 0.3) is 0 Å². The molecule has 0 amide bonds. The van der Waals surface area contributed by atoms with Crippen molar-refractivity contribution in [2.45, 2.75) is 92.9 Å². The van der Waals surface area contributed by atoms with E-state index >= 15 is 0 Å². The van der Waals surface area contributed by atoms with Crippen molar-refractivity contribution in [1.82, 2.24) is 0 Å². The number of hydrogen-bond donors (Lipinski definition) is 1. The van der Waals surface area contributed by atoms with Crippen LogP contribution in [0, 0.1) is 10.8 Å². The molecule has 2 aromatic rings. The first-order valence-electron chi connectivity index (χ1n) is 10.9. The van der Waals surface area contributed by atoms with Gasteiger partial charge < -0.3 is 5.11 Å². The molecule has 0 saturated carbocycles. The van der Waals surface area contributed by atoms with Gasteiger partial charge in [0.2, 0.25) is 0 Å². The van der Waals surface area contributed by atoms with E-state index in [0.29, 0.717) is 5.75 Å². The minimum Gasteiger partial charge on any atom is -0.507 e. The smallest absolute Gasteiger partial charge is 0.123 e. The van der Waals surface area contributed by atoms with Gasteiger partial charge >= 0.3 is 0 Å². The summed E-state index contributed by atoms with van der Waals surface area (Å²) in [6.45, 7) is 22.9. The molecule has 29 heavy (non-hydrogen) atoms. The van der Waals surface area contributed by atoms with Crippen molar-refractivity contribution in [2.24, 2.45) is 10.8 Å². The number of rotatable bonds is 5. The van der Waals surface area contributed by atoms with Crippen LogP contribution in [0.1, 0.15) is 93.2 Å². The van der Waals surface area contributed by atoms with Crippen LogP contribution in [-0.2, 0) is 10.8 Å². The molecule has 0 unspecified atom stereocenters. The SMILES string of the molecule is CC(C)(C)CC(C)(C)c1ccc(-c2ccc(C(C)(C)CC(C)(C)C)cc2O)cc1. The van der Waals surface area contributed by atoms with E-state index in [1.807, 2.05) is 6.07 Å². The van der Waals surface area contributed by atoms with Gasteiger partial charge in [-0.05, 0) is 57.3 Å². The van der Waals surface area contributed by atoms with Crippen LogP contribution >= 0.6 is 0 Å². The summed E-state index contributed by atoms with van der Waals surface area (Å²) in [5.74, 6) is 0.367. The summed E-state index contributed by atoms with van der Waals surface area (Å²) < 4.78 is 0. The molecule has 0 radical (unpaired) electrons. The summed E-state index contributed by atoms with van der Waals surface area (Å²) in [6, 6.07) is 14.9. The van der Waals surface area contributed by atoms with Crippen LogP contribution in [-0.4, -0.2) is 5.11 Å². The Balaban J connectivity index is 2.30. The third-order valence-electron chi connectivity index (χ3n) is 5.70. The molecule has 1 nitrogen and oxygen atoms in total. The molecule has 1 N–H and O–H groups in total. The zero-order chi connectivity index (χ0) is 22.3. The minimum atomic E-state index is 0.0229. The number of phenolic OH excluding ortho intramolecular Hbond substituents is 1. The maximum absolute atomic E-state index is 10.8. The third kappa shape index (κ3) is 6.36. The van der Waals surface area contributed by atoms with Crippen molar-refractivity contribution in [3.05, 3.63) is 53.6 Å². The van der Waals surface area contributed by atoms with Gasteiger partial charge in [0.15, 0.2) is 0 Å². The Bertz CT molecular complexity index is 824. The molecule has 0 saturated heterocycles. The normalized spacial score (nSPS) is 13.6. The van der Waals surface area contributed by atoms with E-state index in [-0.39, 0.29) is 21.7 Å². The number of hydrogen-bond acceptors (Lipinski definition) is 1. The molecule has 0 heterocycles. The van der Waals surface area contributed by atoms with Gasteiger partial charge in [-0.2, -0.15) is 0 Å². The number of phenols is 1. The largest absolute Gasteiger partial charge is 0.507 e. The van der Waals surface area contributed by atoms with E-state index in [4.69, 9.17) is 0 Å². The second-order valence-corrected chi connectivity index (χ2v) is 12.6. The molecule has 2 aromatic carbocycles. The van der Waals surface area contributed by atoms with Gasteiger partial charge in [-0.15, -0.1) is 0 Å². The highest BCUT2D eigenvalue weighted by atomic mass is 16.3. The molecule has 0 atom stereocenters. The van der Waals surface area contributed by atoms with Crippen LogP contribution in [0.2, 0.25) is 0 Å². The van der Waals surface area contributed by atoms with Crippen molar-refractivity contribution in [1.29, 1.82) is 0 Å². The predicted octanol–water partition coefficient (Wildman–Crippen LogP) is 8.49. The summed E-state index contributed by atoms with van der Waals surface area (Å²) in [7, 11) is 0. The van der Waals surface area contributed by atoms with Crippen LogP contribution < -0.4 is 0 Å². The zero-order valence-electron chi connectivity index (χ0n) is 20.4. The molecule has 0 aliphatic rings. The van der Waals surface area contributed by atoms with E-state index in [2.05, 4.69) is 106 Å². The Labute approximate surface area is 179 Å². The first kappa shape index (κ1) is 23.5. The molecule has 2 rings (SSSR count). The first-order chi connectivity index (χ1) is 13.0.